The number of rotatable bonds is 1. The second-order valence-corrected chi connectivity index (χ2v) is 5.40. The number of nitriles is 1. The molecule has 0 saturated carbocycles. The van der Waals surface area contributed by atoms with Gasteiger partial charge in [-0.05, 0) is 29.2 Å². The lowest BCUT2D eigenvalue weighted by Crippen LogP contribution is -2.10. The summed E-state index contributed by atoms with van der Waals surface area (Å²) in [6, 6.07) is 10.2. The molecule has 2 rings (SSSR count). The predicted octanol–water partition coefficient (Wildman–Crippen LogP) is 3.45. The molecule has 0 saturated heterocycles. The highest BCUT2D eigenvalue weighted by atomic mass is 15.0. The minimum atomic E-state index is 0.0720. The largest absolute Gasteiger partial charge is 0.373 e. The highest BCUT2D eigenvalue weighted by Crippen LogP contribution is 2.28. The van der Waals surface area contributed by atoms with Crippen molar-refractivity contribution in [2.24, 2.45) is 0 Å². The molecule has 92 valence electrons. The van der Waals surface area contributed by atoms with Crippen LogP contribution in [0.4, 0.5) is 5.82 Å². The topological polar surface area (TPSA) is 48.7 Å². The lowest BCUT2D eigenvalue weighted by Gasteiger charge is -2.19. The lowest BCUT2D eigenvalue weighted by molar-refractivity contribution is 0.591. The maximum Gasteiger partial charge on any atom is 0.127 e. The van der Waals surface area contributed by atoms with Gasteiger partial charge in [-0.1, -0.05) is 26.8 Å². The Balaban J connectivity index is 2.74. The average molecular weight is 239 g/mol. The van der Waals surface area contributed by atoms with Gasteiger partial charge in [0.2, 0.25) is 0 Å². The van der Waals surface area contributed by atoms with Gasteiger partial charge in [0.15, 0.2) is 0 Å². The number of hydrogen-bond donors (Lipinski definition) is 1. The van der Waals surface area contributed by atoms with Gasteiger partial charge < -0.3 is 5.32 Å². The van der Waals surface area contributed by atoms with Crippen molar-refractivity contribution >= 4 is 16.7 Å². The van der Waals surface area contributed by atoms with Crippen LogP contribution >= 0.6 is 0 Å². The Morgan fingerprint density at radius 1 is 1.22 bits per heavy atom. The molecule has 18 heavy (non-hydrogen) atoms. The van der Waals surface area contributed by atoms with Crippen molar-refractivity contribution in [1.82, 2.24) is 4.98 Å². The van der Waals surface area contributed by atoms with Crippen LogP contribution < -0.4 is 5.32 Å². The highest BCUT2D eigenvalue weighted by molar-refractivity contribution is 5.87. The summed E-state index contributed by atoms with van der Waals surface area (Å²) in [4.78, 5) is 4.46. The standard InChI is InChI=1S/C15H17N3/c1-15(2,3)11-5-6-13-12(8-11)10(9-16)7-14(17-4)18-13/h5-8H,1-4H3,(H,17,18). The number of anilines is 1. The van der Waals surface area contributed by atoms with Crippen LogP contribution in [-0.4, -0.2) is 12.0 Å². The molecule has 0 bridgehead atoms. The maximum atomic E-state index is 9.24. The van der Waals surface area contributed by atoms with Crippen molar-refractivity contribution in [3.05, 3.63) is 35.4 Å². The van der Waals surface area contributed by atoms with Gasteiger partial charge in [-0.2, -0.15) is 5.26 Å². The number of benzene rings is 1. The number of hydrogen-bond acceptors (Lipinski definition) is 3. The van der Waals surface area contributed by atoms with E-state index in [0.29, 0.717) is 5.56 Å². The monoisotopic (exact) mass is 239 g/mol. The summed E-state index contributed by atoms with van der Waals surface area (Å²) in [6.45, 7) is 6.49. The Morgan fingerprint density at radius 2 is 1.94 bits per heavy atom. The van der Waals surface area contributed by atoms with Gasteiger partial charge in [-0.3, -0.25) is 0 Å². The Kier molecular flexibility index (Phi) is 2.96. The Labute approximate surface area is 107 Å². The van der Waals surface area contributed by atoms with Crippen molar-refractivity contribution in [3.8, 4) is 6.07 Å². The maximum absolute atomic E-state index is 9.24. The molecular weight excluding hydrogens is 222 g/mol. The van der Waals surface area contributed by atoms with E-state index in [1.165, 1.54) is 5.56 Å². The molecule has 0 unspecified atom stereocenters. The molecule has 3 heteroatoms. The van der Waals surface area contributed by atoms with E-state index in [-0.39, 0.29) is 5.41 Å². The number of pyridine rings is 1. The van der Waals surface area contributed by atoms with E-state index in [0.717, 1.165) is 16.7 Å². The van der Waals surface area contributed by atoms with Gasteiger partial charge in [0, 0.05) is 12.4 Å². The Bertz CT molecular complexity index is 630. The fourth-order valence-corrected chi connectivity index (χ4v) is 1.91. The molecule has 0 aliphatic heterocycles. The first-order valence-corrected chi connectivity index (χ1v) is 5.99. The van der Waals surface area contributed by atoms with Crippen LogP contribution in [0.25, 0.3) is 10.9 Å². The first kappa shape index (κ1) is 12.4. The van der Waals surface area contributed by atoms with E-state index in [2.05, 4.69) is 49.3 Å². The smallest absolute Gasteiger partial charge is 0.127 e. The van der Waals surface area contributed by atoms with E-state index in [9.17, 15) is 5.26 Å². The zero-order valence-electron chi connectivity index (χ0n) is 11.2. The van der Waals surface area contributed by atoms with E-state index < -0.39 is 0 Å². The molecule has 0 aliphatic carbocycles. The summed E-state index contributed by atoms with van der Waals surface area (Å²) in [7, 11) is 1.80. The van der Waals surface area contributed by atoms with Crippen molar-refractivity contribution < 1.29 is 0 Å². The second kappa shape index (κ2) is 4.30. The lowest BCUT2D eigenvalue weighted by atomic mass is 9.86. The zero-order valence-corrected chi connectivity index (χ0v) is 11.2. The molecule has 3 nitrogen and oxygen atoms in total. The number of nitrogens with one attached hydrogen (secondary N) is 1. The normalized spacial score (nSPS) is 11.3. The van der Waals surface area contributed by atoms with Crippen molar-refractivity contribution in [2.75, 3.05) is 12.4 Å². The van der Waals surface area contributed by atoms with Gasteiger partial charge in [0.25, 0.3) is 0 Å². The Morgan fingerprint density at radius 3 is 2.50 bits per heavy atom. The molecule has 1 N–H and O–H groups in total. The zero-order chi connectivity index (χ0) is 13.3. The van der Waals surface area contributed by atoms with Crippen LogP contribution in [0.15, 0.2) is 24.3 Å². The van der Waals surface area contributed by atoms with Gasteiger partial charge in [0.1, 0.15) is 5.82 Å². The predicted molar refractivity (Wildman–Crippen MR) is 74.7 cm³/mol. The van der Waals surface area contributed by atoms with E-state index in [4.69, 9.17) is 0 Å². The summed E-state index contributed by atoms with van der Waals surface area (Å²) in [5, 5.41) is 13.1. The summed E-state index contributed by atoms with van der Waals surface area (Å²) >= 11 is 0. The molecule has 1 aromatic carbocycles. The summed E-state index contributed by atoms with van der Waals surface area (Å²) in [6.07, 6.45) is 0. The third-order valence-electron chi connectivity index (χ3n) is 3.05. The SMILES string of the molecule is CNc1cc(C#N)c2cc(C(C)(C)C)ccc2n1. The summed E-state index contributed by atoms with van der Waals surface area (Å²) < 4.78 is 0. The van der Waals surface area contributed by atoms with Crippen molar-refractivity contribution in [2.45, 2.75) is 26.2 Å². The minimum absolute atomic E-state index is 0.0720. The van der Waals surface area contributed by atoms with Crippen LogP contribution in [0.2, 0.25) is 0 Å². The first-order chi connectivity index (χ1) is 8.45. The molecule has 0 atom stereocenters. The molecule has 0 fully saturated rings. The summed E-state index contributed by atoms with van der Waals surface area (Å²) in [5.41, 5.74) is 2.80. The second-order valence-electron chi connectivity index (χ2n) is 5.40. The van der Waals surface area contributed by atoms with Crippen molar-refractivity contribution in [1.29, 1.82) is 5.26 Å². The van der Waals surface area contributed by atoms with Gasteiger partial charge in [-0.15, -0.1) is 0 Å². The Hall–Kier alpha value is -2.08. The number of fused-ring (bicyclic) bond motifs is 1. The van der Waals surface area contributed by atoms with E-state index in [1.54, 1.807) is 13.1 Å². The van der Waals surface area contributed by atoms with Crippen molar-refractivity contribution in [3.63, 3.8) is 0 Å². The highest BCUT2D eigenvalue weighted by Gasteiger charge is 2.15. The van der Waals surface area contributed by atoms with Gasteiger partial charge in [-0.25, -0.2) is 4.98 Å². The number of aromatic nitrogens is 1. The molecule has 1 heterocycles. The van der Waals surface area contributed by atoms with E-state index in [1.807, 2.05) is 6.07 Å². The molecule has 0 amide bonds. The first-order valence-electron chi connectivity index (χ1n) is 5.99. The fraction of sp³-hybridized carbons (Fsp3) is 0.333. The van der Waals surface area contributed by atoms with Gasteiger partial charge >= 0.3 is 0 Å². The fourth-order valence-electron chi connectivity index (χ4n) is 1.91. The quantitative estimate of drug-likeness (QED) is 0.829. The molecule has 1 aromatic heterocycles. The van der Waals surface area contributed by atoms with Crippen LogP contribution in [0.5, 0.6) is 0 Å². The average Bonchev–Trinajstić information content (AvgIpc) is 2.35. The molecule has 2 aromatic rings. The molecule has 0 radical (unpaired) electrons. The van der Waals surface area contributed by atoms with E-state index >= 15 is 0 Å². The molecular formula is C15H17N3. The van der Waals surface area contributed by atoms with Crippen LogP contribution in [-0.2, 0) is 5.41 Å². The van der Waals surface area contributed by atoms with Crippen LogP contribution in [0, 0.1) is 11.3 Å². The third-order valence-corrected chi connectivity index (χ3v) is 3.05. The summed E-state index contributed by atoms with van der Waals surface area (Å²) in [5.74, 6) is 0.725. The third kappa shape index (κ3) is 2.14. The number of nitrogens with zero attached hydrogens (tertiary/aromatic N) is 2. The minimum Gasteiger partial charge on any atom is -0.373 e. The molecule has 0 spiro atoms. The van der Waals surface area contributed by atoms with Crippen LogP contribution in [0.3, 0.4) is 0 Å². The van der Waals surface area contributed by atoms with Crippen LogP contribution in [0.1, 0.15) is 31.9 Å². The molecule has 0 aliphatic rings. The van der Waals surface area contributed by atoms with Gasteiger partial charge in [0.05, 0.1) is 17.1 Å².